The molecule has 0 N–H and O–H groups in total. The number of esters is 2. The maximum atomic E-state index is 11.2. The van der Waals surface area contributed by atoms with E-state index in [1.165, 1.54) is 37.6 Å². The van der Waals surface area contributed by atoms with Crippen LogP contribution in [-0.2, 0) is 19.1 Å². The summed E-state index contributed by atoms with van der Waals surface area (Å²) in [4.78, 5) is 25.9. The Morgan fingerprint density at radius 3 is 2.13 bits per heavy atom. The molecule has 86 valence electrons. The molecule has 0 aromatic heterocycles. The summed E-state index contributed by atoms with van der Waals surface area (Å²) in [5.41, 5.74) is 0. The Morgan fingerprint density at radius 1 is 1.27 bits per heavy atom. The van der Waals surface area contributed by atoms with Crippen LogP contribution in [0.2, 0.25) is 0 Å². The van der Waals surface area contributed by atoms with Gasteiger partial charge in [0.25, 0.3) is 6.23 Å². The smallest absolute Gasteiger partial charge is 0.370 e. The summed E-state index contributed by atoms with van der Waals surface area (Å²) >= 11 is 2.73. The third-order valence-electron chi connectivity index (χ3n) is 1.25. The molecule has 0 radical (unpaired) electrons. The lowest BCUT2D eigenvalue weighted by atomic mass is 10.6. The van der Waals surface area contributed by atoms with Gasteiger partial charge >= 0.3 is 11.9 Å². The Morgan fingerprint density at radius 2 is 1.80 bits per heavy atom. The molecule has 0 aromatic carbocycles. The van der Waals surface area contributed by atoms with Crippen molar-refractivity contribution in [2.24, 2.45) is 4.99 Å². The van der Waals surface area contributed by atoms with Crippen molar-refractivity contribution in [1.82, 2.24) is 0 Å². The summed E-state index contributed by atoms with van der Waals surface area (Å²) in [7, 11) is 1.21. The highest BCUT2D eigenvalue weighted by Crippen LogP contribution is 2.13. The van der Waals surface area contributed by atoms with Crippen LogP contribution in [0, 0.1) is 0 Å². The second-order valence-corrected chi connectivity index (χ2v) is 4.14. The van der Waals surface area contributed by atoms with Crippen LogP contribution in [0.1, 0.15) is 6.92 Å². The summed E-state index contributed by atoms with van der Waals surface area (Å²) in [6.45, 7) is 1.21. The average Bonchev–Trinajstić information content (AvgIpc) is 2.22. The molecule has 0 heterocycles. The van der Waals surface area contributed by atoms with E-state index in [-0.39, 0.29) is 0 Å². The summed E-state index contributed by atoms with van der Waals surface area (Å²) < 4.78 is 9.82. The Labute approximate surface area is 97.0 Å². The monoisotopic (exact) mass is 251 g/mol. The number of ether oxygens (including phenoxy) is 2. The zero-order valence-corrected chi connectivity index (χ0v) is 10.6. The number of hydrogen-bond donors (Lipinski definition) is 0. The van der Waals surface area contributed by atoms with Crippen LogP contribution in [0.4, 0.5) is 0 Å². The van der Waals surface area contributed by atoms with Crippen molar-refractivity contribution in [1.29, 1.82) is 0 Å². The van der Waals surface area contributed by atoms with E-state index in [2.05, 4.69) is 9.73 Å². The standard InChI is InChI=1S/C8H13NO4S2/c1-5(10)13-6(7(11)12-2)9-8(14-3)15-4/h6H,1-4H3. The number of carbonyl (C=O) groups excluding carboxylic acids is 2. The first-order valence-electron chi connectivity index (χ1n) is 3.96. The van der Waals surface area contributed by atoms with Crippen molar-refractivity contribution in [2.45, 2.75) is 13.2 Å². The highest BCUT2D eigenvalue weighted by Gasteiger charge is 2.21. The van der Waals surface area contributed by atoms with Gasteiger partial charge in [-0.1, -0.05) is 0 Å². The molecule has 0 spiro atoms. The highest BCUT2D eigenvalue weighted by atomic mass is 32.2. The number of carbonyl (C=O) groups is 2. The Hall–Kier alpha value is -0.690. The quantitative estimate of drug-likeness (QED) is 0.425. The minimum atomic E-state index is -1.21. The molecule has 0 aromatic rings. The lowest BCUT2D eigenvalue weighted by molar-refractivity contribution is -0.163. The number of nitrogens with zero attached hydrogens (tertiary/aromatic N) is 1. The lowest BCUT2D eigenvalue weighted by Crippen LogP contribution is -2.26. The van der Waals surface area contributed by atoms with Gasteiger partial charge in [-0.25, -0.2) is 9.79 Å². The molecule has 0 aliphatic rings. The van der Waals surface area contributed by atoms with E-state index in [9.17, 15) is 9.59 Å². The molecule has 5 nitrogen and oxygen atoms in total. The minimum absolute atomic E-state index is 0.573. The fraction of sp³-hybridized carbons (Fsp3) is 0.625. The van der Waals surface area contributed by atoms with Crippen LogP contribution in [0.3, 0.4) is 0 Å². The number of thioether (sulfide) groups is 2. The fourth-order valence-corrected chi connectivity index (χ4v) is 1.74. The van der Waals surface area contributed by atoms with Gasteiger partial charge in [-0.2, -0.15) is 0 Å². The molecular formula is C8H13NO4S2. The Bertz CT molecular complexity index is 261. The number of aliphatic imine (C=N–C) groups is 1. The highest BCUT2D eigenvalue weighted by molar-refractivity contribution is 8.38. The molecule has 1 atom stereocenters. The molecule has 7 heteroatoms. The predicted molar refractivity (Wildman–Crippen MR) is 62.0 cm³/mol. The van der Waals surface area contributed by atoms with Crippen molar-refractivity contribution >= 4 is 39.8 Å². The van der Waals surface area contributed by atoms with Gasteiger partial charge in [-0.3, -0.25) is 4.79 Å². The second-order valence-electron chi connectivity index (χ2n) is 2.29. The second kappa shape index (κ2) is 7.58. The summed E-state index contributed by atoms with van der Waals surface area (Å²) in [6, 6.07) is 0. The van der Waals surface area contributed by atoms with Crippen molar-refractivity contribution < 1.29 is 19.1 Å². The molecule has 0 amide bonds. The molecule has 0 aliphatic carbocycles. The molecular weight excluding hydrogens is 238 g/mol. The molecule has 0 saturated carbocycles. The fourth-order valence-electron chi connectivity index (χ4n) is 0.670. The molecule has 1 unspecified atom stereocenters. The largest absolute Gasteiger partial charge is 0.465 e. The van der Waals surface area contributed by atoms with E-state index in [0.717, 1.165) is 0 Å². The Balaban J connectivity index is 4.69. The van der Waals surface area contributed by atoms with E-state index >= 15 is 0 Å². The number of hydrogen-bond acceptors (Lipinski definition) is 7. The van der Waals surface area contributed by atoms with E-state index in [1.807, 2.05) is 12.5 Å². The van der Waals surface area contributed by atoms with Crippen molar-refractivity contribution in [3.05, 3.63) is 0 Å². The summed E-state index contributed by atoms with van der Waals surface area (Å²) in [5.74, 6) is -1.26. The van der Waals surface area contributed by atoms with Gasteiger partial charge in [0.15, 0.2) is 0 Å². The maximum absolute atomic E-state index is 11.2. The van der Waals surface area contributed by atoms with E-state index in [0.29, 0.717) is 4.38 Å². The first kappa shape index (κ1) is 14.3. The molecule has 15 heavy (non-hydrogen) atoms. The minimum Gasteiger partial charge on any atom is -0.465 e. The van der Waals surface area contributed by atoms with Gasteiger partial charge in [0, 0.05) is 6.92 Å². The van der Waals surface area contributed by atoms with Crippen LogP contribution in [0.25, 0.3) is 0 Å². The first-order chi connectivity index (χ1) is 7.04. The molecule has 0 fully saturated rings. The lowest BCUT2D eigenvalue weighted by Gasteiger charge is -2.11. The van der Waals surface area contributed by atoms with E-state index in [4.69, 9.17) is 4.74 Å². The number of rotatable bonds is 3. The van der Waals surface area contributed by atoms with Crippen molar-refractivity contribution in [3.8, 4) is 0 Å². The maximum Gasteiger partial charge on any atom is 0.370 e. The van der Waals surface area contributed by atoms with Gasteiger partial charge in [0.2, 0.25) is 0 Å². The summed E-state index contributed by atoms with van der Waals surface area (Å²) in [5, 5.41) is 0. The predicted octanol–water partition coefficient (Wildman–Crippen LogP) is 1.13. The third kappa shape index (κ3) is 5.68. The van der Waals surface area contributed by atoms with Gasteiger partial charge in [0.05, 0.1) is 7.11 Å². The van der Waals surface area contributed by atoms with Crippen LogP contribution in [0.5, 0.6) is 0 Å². The van der Waals surface area contributed by atoms with Gasteiger partial charge in [-0.15, -0.1) is 23.5 Å². The van der Waals surface area contributed by atoms with Crippen molar-refractivity contribution in [2.75, 3.05) is 19.6 Å². The molecule has 0 rings (SSSR count). The van der Waals surface area contributed by atoms with Crippen LogP contribution < -0.4 is 0 Å². The zero-order valence-electron chi connectivity index (χ0n) is 8.97. The number of methoxy groups -OCH3 is 1. The molecule has 0 bridgehead atoms. The van der Waals surface area contributed by atoms with Gasteiger partial charge in [-0.05, 0) is 12.5 Å². The summed E-state index contributed by atoms with van der Waals surface area (Å²) in [6.07, 6.45) is 2.43. The average molecular weight is 251 g/mol. The van der Waals surface area contributed by atoms with Crippen molar-refractivity contribution in [3.63, 3.8) is 0 Å². The third-order valence-corrected chi connectivity index (χ3v) is 3.16. The SMILES string of the molecule is COC(=O)C(N=C(SC)SC)OC(C)=O. The van der Waals surface area contributed by atoms with Gasteiger partial charge < -0.3 is 9.47 Å². The normalized spacial score (nSPS) is 11.5. The Kier molecular flexibility index (Phi) is 7.23. The van der Waals surface area contributed by atoms with Crippen LogP contribution in [-0.4, -0.2) is 42.2 Å². The van der Waals surface area contributed by atoms with E-state index < -0.39 is 18.2 Å². The first-order valence-corrected chi connectivity index (χ1v) is 6.41. The van der Waals surface area contributed by atoms with Gasteiger partial charge in [0.1, 0.15) is 4.38 Å². The zero-order chi connectivity index (χ0) is 11.8. The molecule has 0 aliphatic heterocycles. The van der Waals surface area contributed by atoms with Crippen LogP contribution in [0.15, 0.2) is 4.99 Å². The van der Waals surface area contributed by atoms with Crippen LogP contribution >= 0.6 is 23.5 Å². The molecule has 0 saturated heterocycles. The topological polar surface area (TPSA) is 65.0 Å². The van der Waals surface area contributed by atoms with E-state index in [1.54, 1.807) is 0 Å².